The molecule has 2 fully saturated rings. The van der Waals surface area contributed by atoms with Crippen molar-refractivity contribution in [2.24, 2.45) is 11.8 Å². The van der Waals surface area contributed by atoms with Crippen LogP contribution in [-0.2, 0) is 26.0 Å². The molecular formula is C33H42ClNO6. The maximum atomic E-state index is 12.5. The number of aryl methyl sites for hydroxylation is 1. The second kappa shape index (κ2) is 12.1. The van der Waals surface area contributed by atoms with E-state index in [1.165, 1.54) is 18.2 Å². The van der Waals surface area contributed by atoms with E-state index in [-0.39, 0.29) is 23.6 Å². The third-order valence-electron chi connectivity index (χ3n) is 9.71. The van der Waals surface area contributed by atoms with Crippen LogP contribution in [0.4, 0.5) is 5.69 Å². The van der Waals surface area contributed by atoms with Gasteiger partial charge in [-0.3, -0.25) is 0 Å². The van der Waals surface area contributed by atoms with E-state index in [0.717, 1.165) is 74.5 Å². The Morgan fingerprint density at radius 2 is 2.10 bits per heavy atom. The van der Waals surface area contributed by atoms with E-state index in [2.05, 4.69) is 17.0 Å². The van der Waals surface area contributed by atoms with Crippen molar-refractivity contribution in [3.63, 3.8) is 0 Å². The van der Waals surface area contributed by atoms with Gasteiger partial charge in [0.2, 0.25) is 0 Å². The van der Waals surface area contributed by atoms with Crippen molar-refractivity contribution >= 4 is 23.3 Å². The minimum atomic E-state index is -0.457. The Bertz CT molecular complexity index is 1250. The number of aliphatic hydroxyl groups is 1. The average Bonchev–Trinajstić information content (AvgIpc) is 3.11. The molecule has 2 aliphatic heterocycles. The summed E-state index contributed by atoms with van der Waals surface area (Å²) in [6.07, 6.45) is 7.03. The van der Waals surface area contributed by atoms with Crippen molar-refractivity contribution in [1.82, 2.24) is 0 Å². The van der Waals surface area contributed by atoms with Gasteiger partial charge in [-0.25, -0.2) is 4.79 Å². The highest BCUT2D eigenvalue weighted by molar-refractivity contribution is 6.30. The van der Waals surface area contributed by atoms with Gasteiger partial charge in [-0.15, -0.1) is 0 Å². The number of esters is 1. The van der Waals surface area contributed by atoms with Gasteiger partial charge in [-0.05, 0) is 98.7 Å². The van der Waals surface area contributed by atoms with Gasteiger partial charge in [0.1, 0.15) is 5.75 Å². The minimum absolute atomic E-state index is 0.133. The molecule has 6 rings (SSSR count). The molecular weight excluding hydrogens is 542 g/mol. The Balaban J connectivity index is 1.28. The molecule has 1 N–H and O–H groups in total. The SMILES string of the molecule is COC(=O)c1ccc2c(c1)N(C[C@@H]1CC[C@H]1[C@@H]1C[C@H](OC[C@@H](C)O)CCO1)C[C@@]1(CCCc3cc(Cl)ccc31)CO2. The Labute approximate surface area is 248 Å². The van der Waals surface area contributed by atoms with E-state index in [1.807, 2.05) is 18.2 Å². The molecule has 0 unspecified atom stereocenters. The molecule has 2 heterocycles. The van der Waals surface area contributed by atoms with Crippen LogP contribution in [0.3, 0.4) is 0 Å². The highest BCUT2D eigenvalue weighted by Gasteiger charge is 2.45. The van der Waals surface area contributed by atoms with E-state index < -0.39 is 6.10 Å². The number of fused-ring (bicyclic) bond motifs is 3. The van der Waals surface area contributed by atoms with E-state index in [0.29, 0.717) is 37.2 Å². The summed E-state index contributed by atoms with van der Waals surface area (Å²) in [6, 6.07) is 12.0. The number of methoxy groups -OCH3 is 1. The molecule has 1 spiro atoms. The van der Waals surface area contributed by atoms with Crippen LogP contribution in [0.1, 0.15) is 66.9 Å². The number of carbonyl (C=O) groups is 1. The quantitative estimate of drug-likeness (QED) is 0.427. The van der Waals surface area contributed by atoms with Crippen molar-refractivity contribution in [2.45, 2.75) is 75.6 Å². The van der Waals surface area contributed by atoms with Crippen LogP contribution in [0, 0.1) is 11.8 Å². The van der Waals surface area contributed by atoms with Gasteiger partial charge in [-0.1, -0.05) is 17.7 Å². The summed E-state index contributed by atoms with van der Waals surface area (Å²) in [6.45, 7) is 5.10. The van der Waals surface area contributed by atoms with E-state index in [9.17, 15) is 9.90 Å². The smallest absolute Gasteiger partial charge is 0.337 e. The number of ether oxygens (including phenoxy) is 4. The van der Waals surface area contributed by atoms with Gasteiger partial charge in [0.15, 0.2) is 0 Å². The second-order valence-corrected chi connectivity index (χ2v) is 13.0. The lowest BCUT2D eigenvalue weighted by molar-refractivity contribution is -0.124. The fourth-order valence-electron chi connectivity index (χ4n) is 7.47. The molecule has 2 aromatic rings. The van der Waals surface area contributed by atoms with Crippen molar-refractivity contribution in [3.8, 4) is 5.75 Å². The summed E-state index contributed by atoms with van der Waals surface area (Å²) in [5.41, 5.74) is 3.97. The first-order chi connectivity index (χ1) is 19.8. The van der Waals surface area contributed by atoms with Gasteiger partial charge < -0.3 is 29.0 Å². The topological polar surface area (TPSA) is 77.5 Å². The third-order valence-corrected chi connectivity index (χ3v) is 9.94. The molecule has 41 heavy (non-hydrogen) atoms. The van der Waals surface area contributed by atoms with Gasteiger partial charge in [0.25, 0.3) is 0 Å². The van der Waals surface area contributed by atoms with Gasteiger partial charge in [0.05, 0.1) is 49.9 Å². The molecule has 8 heteroatoms. The van der Waals surface area contributed by atoms with Crippen molar-refractivity contribution in [3.05, 3.63) is 58.1 Å². The van der Waals surface area contributed by atoms with Gasteiger partial charge >= 0.3 is 5.97 Å². The monoisotopic (exact) mass is 583 g/mol. The normalized spacial score (nSPS) is 29.9. The van der Waals surface area contributed by atoms with Crippen LogP contribution in [0.5, 0.6) is 5.75 Å². The summed E-state index contributed by atoms with van der Waals surface area (Å²) in [7, 11) is 1.42. The second-order valence-electron chi connectivity index (χ2n) is 12.5. The molecule has 0 bridgehead atoms. The predicted molar refractivity (Wildman–Crippen MR) is 158 cm³/mol. The number of anilines is 1. The number of hydrogen-bond donors (Lipinski definition) is 1. The maximum absolute atomic E-state index is 12.5. The summed E-state index contributed by atoms with van der Waals surface area (Å²) in [5.74, 6) is 1.39. The minimum Gasteiger partial charge on any atom is -0.490 e. The average molecular weight is 584 g/mol. The summed E-state index contributed by atoms with van der Waals surface area (Å²) in [5, 5.41) is 10.5. The van der Waals surface area contributed by atoms with Crippen molar-refractivity contribution in [1.29, 1.82) is 0 Å². The van der Waals surface area contributed by atoms with Gasteiger partial charge in [-0.2, -0.15) is 0 Å². The van der Waals surface area contributed by atoms with Crippen LogP contribution < -0.4 is 9.64 Å². The molecule has 6 atom stereocenters. The molecule has 222 valence electrons. The largest absolute Gasteiger partial charge is 0.490 e. The Morgan fingerprint density at radius 1 is 1.22 bits per heavy atom. The zero-order valence-corrected chi connectivity index (χ0v) is 24.9. The summed E-state index contributed by atoms with van der Waals surface area (Å²) >= 11 is 6.41. The van der Waals surface area contributed by atoms with Gasteiger partial charge in [0, 0.05) is 36.6 Å². The van der Waals surface area contributed by atoms with Crippen LogP contribution in [-0.4, -0.2) is 69.4 Å². The van der Waals surface area contributed by atoms with Crippen LogP contribution in [0.2, 0.25) is 5.02 Å². The van der Waals surface area contributed by atoms with Crippen LogP contribution in [0.25, 0.3) is 0 Å². The molecule has 0 amide bonds. The fourth-order valence-corrected chi connectivity index (χ4v) is 7.67. The van der Waals surface area contributed by atoms with E-state index in [1.54, 1.807) is 13.0 Å². The van der Waals surface area contributed by atoms with E-state index in [4.69, 9.17) is 30.5 Å². The third kappa shape index (κ3) is 5.96. The van der Waals surface area contributed by atoms with Crippen LogP contribution >= 0.6 is 11.6 Å². The van der Waals surface area contributed by atoms with E-state index >= 15 is 0 Å². The first-order valence-corrected chi connectivity index (χ1v) is 15.5. The molecule has 1 saturated heterocycles. The number of aliphatic hydroxyl groups excluding tert-OH is 1. The number of benzene rings is 2. The lowest BCUT2D eigenvalue weighted by atomic mass is 9.67. The lowest BCUT2D eigenvalue weighted by Gasteiger charge is -2.47. The van der Waals surface area contributed by atoms with Crippen LogP contribution in [0.15, 0.2) is 36.4 Å². The predicted octanol–water partition coefficient (Wildman–Crippen LogP) is 5.57. The molecule has 0 aromatic heterocycles. The zero-order valence-electron chi connectivity index (χ0n) is 24.1. The number of rotatable bonds is 7. The summed E-state index contributed by atoms with van der Waals surface area (Å²) < 4.78 is 23.9. The Hall–Kier alpha value is -2.32. The molecule has 1 saturated carbocycles. The van der Waals surface area contributed by atoms with Crippen molar-refractivity contribution < 1.29 is 28.8 Å². The highest BCUT2D eigenvalue weighted by atomic mass is 35.5. The molecule has 0 radical (unpaired) electrons. The Morgan fingerprint density at radius 3 is 2.88 bits per heavy atom. The number of nitrogens with zero attached hydrogens (tertiary/aromatic N) is 1. The highest BCUT2D eigenvalue weighted by Crippen LogP contribution is 2.47. The first kappa shape index (κ1) is 28.8. The molecule has 2 aromatic carbocycles. The number of carbonyl (C=O) groups excluding carboxylic acids is 1. The number of hydrogen-bond acceptors (Lipinski definition) is 7. The fraction of sp³-hybridized carbons (Fsp3) is 0.606. The summed E-state index contributed by atoms with van der Waals surface area (Å²) in [4.78, 5) is 15.0. The lowest BCUT2D eigenvalue weighted by Crippen LogP contribution is -2.51. The standard InChI is InChI=1S/C33H42ClNO6/c1-21(36)18-40-26-11-13-39-31(16-26)27-8-5-24(27)17-35-19-33(12-3-4-22-14-25(34)7-9-28(22)33)20-41-30-10-6-23(15-29(30)35)32(37)38-2/h6-7,9-10,14-15,21,24,26-27,31,36H,3-5,8,11-13,16-20H2,1-2H3/t21-,24+,26-,27-,31+,33+/m1/s1. The first-order valence-electron chi connectivity index (χ1n) is 15.2. The zero-order chi connectivity index (χ0) is 28.6. The molecule has 4 aliphatic rings. The number of halogens is 1. The molecule has 2 aliphatic carbocycles. The van der Waals surface area contributed by atoms with Crippen molar-refractivity contribution in [2.75, 3.05) is 44.9 Å². The Kier molecular flexibility index (Phi) is 8.51. The molecule has 7 nitrogen and oxygen atoms in total. The maximum Gasteiger partial charge on any atom is 0.337 e.